The molecular formula is C21H23ClN4OS. The van der Waals surface area contributed by atoms with Gasteiger partial charge in [0, 0.05) is 29.1 Å². The zero-order valence-electron chi connectivity index (χ0n) is 15.7. The van der Waals surface area contributed by atoms with E-state index in [-0.39, 0.29) is 5.91 Å². The highest BCUT2D eigenvalue weighted by Gasteiger charge is 2.15. The van der Waals surface area contributed by atoms with Gasteiger partial charge in [-0.3, -0.25) is 9.48 Å². The third kappa shape index (κ3) is 4.62. The number of fused-ring (bicyclic) bond motifs is 1. The summed E-state index contributed by atoms with van der Waals surface area (Å²) in [5.74, 6) is -0.0937. The number of benzene rings is 1. The predicted octanol–water partition coefficient (Wildman–Crippen LogP) is 4.28. The van der Waals surface area contributed by atoms with Crippen molar-refractivity contribution >= 4 is 28.8 Å². The first kappa shape index (κ1) is 19.2. The molecule has 146 valence electrons. The number of carbonyl (C=O) groups excluding carboxylic acids is 1. The van der Waals surface area contributed by atoms with E-state index in [1.165, 1.54) is 34.8 Å². The van der Waals surface area contributed by atoms with Crippen LogP contribution in [0.1, 0.15) is 50.8 Å². The molecule has 1 N–H and O–H groups in total. The van der Waals surface area contributed by atoms with Gasteiger partial charge in [-0.1, -0.05) is 29.8 Å². The van der Waals surface area contributed by atoms with Crippen molar-refractivity contribution in [2.75, 3.05) is 6.54 Å². The number of rotatable bonds is 7. The van der Waals surface area contributed by atoms with Gasteiger partial charge < -0.3 is 5.32 Å². The van der Waals surface area contributed by atoms with Crippen LogP contribution in [0, 0.1) is 0 Å². The van der Waals surface area contributed by atoms with Crippen molar-refractivity contribution in [1.82, 2.24) is 20.1 Å². The molecule has 1 aliphatic rings. The summed E-state index contributed by atoms with van der Waals surface area (Å²) in [6.45, 7) is 1.18. The molecule has 1 amide bonds. The molecule has 5 nitrogen and oxygen atoms in total. The molecule has 0 unspecified atom stereocenters. The molecule has 1 aliphatic carbocycles. The van der Waals surface area contributed by atoms with Gasteiger partial charge in [0.05, 0.1) is 29.0 Å². The number of nitrogens with one attached hydrogen (secondary N) is 1. The Morgan fingerprint density at radius 2 is 2.11 bits per heavy atom. The van der Waals surface area contributed by atoms with Gasteiger partial charge in [0.1, 0.15) is 0 Å². The van der Waals surface area contributed by atoms with Crippen LogP contribution in [0.2, 0.25) is 5.02 Å². The van der Waals surface area contributed by atoms with Crippen molar-refractivity contribution in [3.05, 3.63) is 68.4 Å². The maximum atomic E-state index is 12.3. The maximum absolute atomic E-state index is 12.3. The number of carbonyl (C=O) groups is 1. The summed E-state index contributed by atoms with van der Waals surface area (Å²) in [7, 11) is 0. The van der Waals surface area contributed by atoms with Crippen molar-refractivity contribution in [2.24, 2.45) is 0 Å². The highest BCUT2D eigenvalue weighted by atomic mass is 35.5. The largest absolute Gasteiger partial charge is 0.352 e. The quantitative estimate of drug-likeness (QED) is 0.587. The minimum atomic E-state index is -0.0937. The Bertz CT molecular complexity index is 941. The summed E-state index contributed by atoms with van der Waals surface area (Å²) in [4.78, 5) is 18.6. The molecule has 0 fully saturated rings. The standard InChI is InChI=1S/C21H23ClN4OS/c22-17-7-2-1-6-15(17)13-26-14-16(12-24-26)21(27)23-11-5-10-20-25-18-8-3-4-9-19(18)28-20/h1-2,6-7,12,14H,3-5,8-11,13H2,(H,23,27). The second-order valence-corrected chi connectivity index (χ2v) is 8.64. The molecule has 3 aromatic rings. The summed E-state index contributed by atoms with van der Waals surface area (Å²) in [6.07, 6.45) is 10.0. The van der Waals surface area contributed by atoms with E-state index in [4.69, 9.17) is 16.6 Å². The summed E-state index contributed by atoms with van der Waals surface area (Å²) in [6, 6.07) is 7.65. The molecule has 4 rings (SSSR count). The molecule has 2 aromatic heterocycles. The van der Waals surface area contributed by atoms with Crippen LogP contribution in [-0.2, 0) is 25.8 Å². The van der Waals surface area contributed by atoms with E-state index in [0.717, 1.165) is 24.8 Å². The molecule has 0 atom stereocenters. The molecule has 0 saturated heterocycles. The smallest absolute Gasteiger partial charge is 0.254 e. The number of aryl methyl sites for hydroxylation is 3. The average molecular weight is 415 g/mol. The SMILES string of the molecule is O=C(NCCCc1nc2c(s1)CCCC2)c1cnn(Cc2ccccc2Cl)c1. The van der Waals surface area contributed by atoms with Gasteiger partial charge >= 0.3 is 0 Å². The topological polar surface area (TPSA) is 59.8 Å². The molecule has 0 aliphatic heterocycles. The molecule has 7 heteroatoms. The Kier molecular flexibility index (Phi) is 6.07. The lowest BCUT2D eigenvalue weighted by atomic mass is 10.0. The summed E-state index contributed by atoms with van der Waals surface area (Å²) in [5.41, 5.74) is 2.85. The summed E-state index contributed by atoms with van der Waals surface area (Å²) < 4.78 is 1.73. The van der Waals surface area contributed by atoms with Gasteiger partial charge in [-0.15, -0.1) is 11.3 Å². The van der Waals surface area contributed by atoms with E-state index < -0.39 is 0 Å². The average Bonchev–Trinajstić information content (AvgIpc) is 3.33. The molecule has 0 spiro atoms. The van der Waals surface area contributed by atoms with E-state index >= 15 is 0 Å². The van der Waals surface area contributed by atoms with Crippen molar-refractivity contribution in [3.8, 4) is 0 Å². The molecule has 0 radical (unpaired) electrons. The van der Waals surface area contributed by atoms with Crippen LogP contribution in [0.3, 0.4) is 0 Å². The monoisotopic (exact) mass is 414 g/mol. The van der Waals surface area contributed by atoms with Crippen LogP contribution in [0.15, 0.2) is 36.7 Å². The highest BCUT2D eigenvalue weighted by Crippen LogP contribution is 2.27. The Morgan fingerprint density at radius 1 is 1.25 bits per heavy atom. The van der Waals surface area contributed by atoms with E-state index in [2.05, 4.69) is 10.4 Å². The molecule has 0 saturated carbocycles. The van der Waals surface area contributed by atoms with Crippen LogP contribution in [0.25, 0.3) is 0 Å². The van der Waals surface area contributed by atoms with Gasteiger partial charge in [-0.25, -0.2) is 4.98 Å². The molecular weight excluding hydrogens is 392 g/mol. The Morgan fingerprint density at radius 3 is 2.96 bits per heavy atom. The van der Waals surface area contributed by atoms with Crippen molar-refractivity contribution in [2.45, 2.75) is 45.1 Å². The second kappa shape index (κ2) is 8.88. The van der Waals surface area contributed by atoms with Gasteiger partial charge in [-0.05, 0) is 43.7 Å². The number of thiazole rings is 1. The van der Waals surface area contributed by atoms with Crippen LogP contribution < -0.4 is 5.32 Å². The normalized spacial score (nSPS) is 13.3. The zero-order valence-corrected chi connectivity index (χ0v) is 17.2. The molecule has 2 heterocycles. The lowest BCUT2D eigenvalue weighted by molar-refractivity contribution is 0.0953. The third-order valence-electron chi connectivity index (χ3n) is 4.93. The van der Waals surface area contributed by atoms with E-state index in [9.17, 15) is 4.79 Å². The Labute approximate surface area is 173 Å². The van der Waals surface area contributed by atoms with Crippen LogP contribution in [0.4, 0.5) is 0 Å². The Balaban J connectivity index is 1.24. The van der Waals surface area contributed by atoms with Gasteiger partial charge in [0.25, 0.3) is 5.91 Å². The number of hydrogen-bond acceptors (Lipinski definition) is 4. The highest BCUT2D eigenvalue weighted by molar-refractivity contribution is 7.11. The van der Waals surface area contributed by atoms with Crippen molar-refractivity contribution in [1.29, 1.82) is 0 Å². The minimum Gasteiger partial charge on any atom is -0.352 e. The fourth-order valence-electron chi connectivity index (χ4n) is 3.42. The number of aromatic nitrogens is 3. The van der Waals surface area contributed by atoms with Gasteiger partial charge in [0.15, 0.2) is 0 Å². The lowest BCUT2D eigenvalue weighted by Crippen LogP contribution is -2.24. The number of amides is 1. The van der Waals surface area contributed by atoms with E-state index in [1.54, 1.807) is 17.1 Å². The predicted molar refractivity (Wildman–Crippen MR) is 112 cm³/mol. The molecule has 1 aromatic carbocycles. The summed E-state index contributed by atoms with van der Waals surface area (Å²) >= 11 is 8.03. The first-order chi connectivity index (χ1) is 13.7. The van der Waals surface area contributed by atoms with E-state index in [1.807, 2.05) is 35.6 Å². The third-order valence-corrected chi connectivity index (χ3v) is 6.51. The van der Waals surface area contributed by atoms with Crippen molar-refractivity contribution < 1.29 is 4.79 Å². The van der Waals surface area contributed by atoms with Gasteiger partial charge in [0.2, 0.25) is 0 Å². The van der Waals surface area contributed by atoms with Crippen LogP contribution in [0.5, 0.6) is 0 Å². The van der Waals surface area contributed by atoms with Crippen LogP contribution in [-0.4, -0.2) is 27.2 Å². The second-order valence-electron chi connectivity index (χ2n) is 7.06. The first-order valence-electron chi connectivity index (χ1n) is 9.70. The van der Waals surface area contributed by atoms with Crippen LogP contribution >= 0.6 is 22.9 Å². The Hall–Kier alpha value is -2.18. The number of nitrogens with zero attached hydrogens (tertiary/aromatic N) is 3. The summed E-state index contributed by atoms with van der Waals surface area (Å²) in [5, 5.41) is 9.16. The molecule has 0 bridgehead atoms. The fraction of sp³-hybridized carbons (Fsp3) is 0.381. The first-order valence-corrected chi connectivity index (χ1v) is 10.9. The van der Waals surface area contributed by atoms with E-state index in [0.29, 0.717) is 23.7 Å². The molecule has 28 heavy (non-hydrogen) atoms. The minimum absolute atomic E-state index is 0.0937. The number of hydrogen-bond donors (Lipinski definition) is 1. The fourth-order valence-corrected chi connectivity index (χ4v) is 4.82. The lowest BCUT2D eigenvalue weighted by Gasteiger charge is -2.06. The van der Waals surface area contributed by atoms with Crippen molar-refractivity contribution in [3.63, 3.8) is 0 Å². The zero-order chi connectivity index (χ0) is 19.3. The van der Waals surface area contributed by atoms with Gasteiger partial charge in [-0.2, -0.15) is 5.10 Å². The number of halogens is 1. The maximum Gasteiger partial charge on any atom is 0.254 e.